The van der Waals surface area contributed by atoms with E-state index in [1.54, 1.807) is 7.11 Å². The molecule has 0 aliphatic heterocycles. The molecule has 0 aliphatic carbocycles. The van der Waals surface area contributed by atoms with E-state index in [4.69, 9.17) is 15.9 Å². The van der Waals surface area contributed by atoms with E-state index in [2.05, 4.69) is 0 Å². The van der Waals surface area contributed by atoms with Crippen LogP contribution in [0.25, 0.3) is 0 Å². The molecule has 0 amide bonds. The van der Waals surface area contributed by atoms with Crippen LogP contribution in [0.15, 0.2) is 24.3 Å². The molecule has 14 heavy (non-hydrogen) atoms. The van der Waals surface area contributed by atoms with Gasteiger partial charge in [-0.3, -0.25) is 5.41 Å². The number of thioether (sulfide) groups is 1. The van der Waals surface area contributed by atoms with Gasteiger partial charge in [-0.25, -0.2) is 0 Å². The molecule has 3 N–H and O–H groups in total. The molecule has 0 unspecified atom stereocenters. The van der Waals surface area contributed by atoms with E-state index in [9.17, 15) is 0 Å². The third-order valence-corrected chi connectivity index (χ3v) is 2.34. The summed E-state index contributed by atoms with van der Waals surface area (Å²) in [4.78, 5) is 0. The van der Waals surface area contributed by atoms with Crippen molar-refractivity contribution in [3.05, 3.63) is 29.8 Å². The summed E-state index contributed by atoms with van der Waals surface area (Å²) in [7, 11) is 1.64. The fourth-order valence-electron chi connectivity index (χ4n) is 0.883. The topological polar surface area (TPSA) is 59.1 Å². The van der Waals surface area contributed by atoms with E-state index in [1.807, 2.05) is 24.3 Å². The first-order valence-electron chi connectivity index (χ1n) is 3.82. The van der Waals surface area contributed by atoms with Crippen molar-refractivity contribution in [1.29, 1.82) is 5.41 Å². The van der Waals surface area contributed by atoms with Gasteiger partial charge in [-0.2, -0.15) is 0 Å². The Kier molecular flexibility index (Phi) is 6.16. The van der Waals surface area contributed by atoms with Crippen molar-refractivity contribution in [3.63, 3.8) is 0 Å². The van der Waals surface area contributed by atoms with Crippen LogP contribution in [0.2, 0.25) is 0 Å². The maximum absolute atomic E-state index is 7.04. The number of rotatable bonds is 3. The van der Waals surface area contributed by atoms with E-state index in [-0.39, 0.29) is 17.6 Å². The molecule has 5 heteroatoms. The lowest BCUT2D eigenvalue weighted by molar-refractivity contribution is 0.414. The van der Waals surface area contributed by atoms with Crippen LogP contribution in [0.5, 0.6) is 5.75 Å². The van der Waals surface area contributed by atoms with Crippen molar-refractivity contribution >= 4 is 29.3 Å². The highest BCUT2D eigenvalue weighted by molar-refractivity contribution is 8.13. The molecule has 0 aliphatic rings. The Balaban J connectivity index is 0.00000169. The number of halogens is 1. The monoisotopic (exact) mass is 232 g/mol. The van der Waals surface area contributed by atoms with Gasteiger partial charge in [-0.1, -0.05) is 23.9 Å². The predicted molar refractivity (Wildman–Crippen MR) is 63.5 cm³/mol. The highest BCUT2D eigenvalue weighted by atomic mass is 35.5. The number of ether oxygens (including phenoxy) is 1. The summed E-state index contributed by atoms with van der Waals surface area (Å²) in [5, 5.41) is 7.19. The minimum atomic E-state index is 0. The number of methoxy groups -OCH3 is 1. The molecule has 0 fully saturated rings. The molecule has 1 aromatic rings. The van der Waals surface area contributed by atoms with Gasteiger partial charge in [0.2, 0.25) is 0 Å². The fraction of sp³-hybridized carbons (Fsp3) is 0.222. The zero-order valence-corrected chi connectivity index (χ0v) is 9.45. The van der Waals surface area contributed by atoms with Gasteiger partial charge < -0.3 is 10.5 Å². The summed E-state index contributed by atoms with van der Waals surface area (Å²) in [6, 6.07) is 7.73. The Morgan fingerprint density at radius 2 is 2.00 bits per heavy atom. The minimum Gasteiger partial charge on any atom is -0.497 e. The largest absolute Gasteiger partial charge is 0.497 e. The predicted octanol–water partition coefficient (Wildman–Crippen LogP) is 2.24. The van der Waals surface area contributed by atoms with Gasteiger partial charge >= 0.3 is 0 Å². The fourth-order valence-corrected chi connectivity index (χ4v) is 1.40. The van der Waals surface area contributed by atoms with Gasteiger partial charge in [0.05, 0.1) is 7.11 Å². The summed E-state index contributed by atoms with van der Waals surface area (Å²) < 4.78 is 5.02. The third-order valence-electron chi connectivity index (χ3n) is 1.55. The molecule has 0 saturated heterocycles. The van der Waals surface area contributed by atoms with Gasteiger partial charge in [0.1, 0.15) is 5.75 Å². The lowest BCUT2D eigenvalue weighted by atomic mass is 10.2. The summed E-state index contributed by atoms with van der Waals surface area (Å²) in [5.41, 5.74) is 6.36. The van der Waals surface area contributed by atoms with Gasteiger partial charge in [-0.05, 0) is 17.7 Å². The highest BCUT2D eigenvalue weighted by Crippen LogP contribution is 2.15. The molecular weight excluding hydrogens is 220 g/mol. The van der Waals surface area contributed by atoms with Crippen LogP contribution >= 0.6 is 24.2 Å². The van der Waals surface area contributed by atoms with Gasteiger partial charge in [0, 0.05) is 5.75 Å². The summed E-state index contributed by atoms with van der Waals surface area (Å²) in [6.45, 7) is 0. The molecule has 0 spiro atoms. The number of nitrogens with one attached hydrogen (secondary N) is 1. The normalized spacial score (nSPS) is 8.93. The molecule has 0 aromatic heterocycles. The maximum Gasteiger partial charge on any atom is 0.151 e. The van der Waals surface area contributed by atoms with Crippen molar-refractivity contribution in [2.75, 3.05) is 7.11 Å². The van der Waals surface area contributed by atoms with Crippen molar-refractivity contribution in [2.24, 2.45) is 5.73 Å². The lowest BCUT2D eigenvalue weighted by Crippen LogP contribution is -2.03. The number of nitrogens with two attached hydrogens (primary N) is 1. The van der Waals surface area contributed by atoms with Gasteiger partial charge in [0.15, 0.2) is 5.17 Å². The summed E-state index contributed by atoms with van der Waals surface area (Å²) >= 11 is 1.32. The zero-order chi connectivity index (χ0) is 9.68. The number of hydrogen-bond donors (Lipinski definition) is 2. The van der Waals surface area contributed by atoms with Gasteiger partial charge in [0.25, 0.3) is 0 Å². The van der Waals surface area contributed by atoms with E-state index in [0.29, 0.717) is 0 Å². The second-order valence-electron chi connectivity index (χ2n) is 2.50. The molecule has 0 heterocycles. The highest BCUT2D eigenvalue weighted by Gasteiger charge is 1.95. The van der Waals surface area contributed by atoms with Crippen LogP contribution < -0.4 is 10.5 Å². The Morgan fingerprint density at radius 1 is 1.43 bits per heavy atom. The van der Waals surface area contributed by atoms with Crippen molar-refractivity contribution in [2.45, 2.75) is 5.75 Å². The quantitative estimate of drug-likeness (QED) is 0.621. The van der Waals surface area contributed by atoms with Crippen LogP contribution in [0.4, 0.5) is 0 Å². The number of benzene rings is 1. The average Bonchev–Trinajstić information content (AvgIpc) is 2.15. The average molecular weight is 233 g/mol. The van der Waals surface area contributed by atoms with E-state index in [0.717, 1.165) is 17.1 Å². The standard InChI is InChI=1S/C9H12N2OS.ClH/c1-12-8-4-2-7(3-5-8)6-13-9(10)11;/h2-5H,6H2,1H3,(H3,10,11);1H. The first kappa shape index (κ1) is 13.1. The zero-order valence-electron chi connectivity index (χ0n) is 7.82. The van der Waals surface area contributed by atoms with Crippen LogP contribution in [-0.2, 0) is 5.75 Å². The molecule has 0 bridgehead atoms. The third kappa shape index (κ3) is 4.39. The van der Waals surface area contributed by atoms with Crippen LogP contribution in [0.1, 0.15) is 5.56 Å². The molecule has 0 atom stereocenters. The van der Waals surface area contributed by atoms with Crippen LogP contribution in [-0.4, -0.2) is 12.3 Å². The van der Waals surface area contributed by atoms with Crippen LogP contribution in [0, 0.1) is 5.41 Å². The molecule has 3 nitrogen and oxygen atoms in total. The second-order valence-corrected chi connectivity index (χ2v) is 3.52. The molecule has 1 aromatic carbocycles. The van der Waals surface area contributed by atoms with E-state index >= 15 is 0 Å². The van der Waals surface area contributed by atoms with Crippen molar-refractivity contribution in [3.8, 4) is 5.75 Å². The summed E-state index contributed by atoms with van der Waals surface area (Å²) in [5.74, 6) is 1.58. The Labute approximate surface area is 93.9 Å². The molecule has 1 rings (SSSR count). The Morgan fingerprint density at radius 3 is 2.43 bits per heavy atom. The van der Waals surface area contributed by atoms with Crippen molar-refractivity contribution in [1.82, 2.24) is 0 Å². The smallest absolute Gasteiger partial charge is 0.151 e. The maximum atomic E-state index is 7.04. The van der Waals surface area contributed by atoms with Crippen LogP contribution in [0.3, 0.4) is 0 Å². The second kappa shape index (κ2) is 6.56. The molecule has 0 saturated carbocycles. The van der Waals surface area contributed by atoms with E-state index < -0.39 is 0 Å². The molecule has 0 radical (unpaired) electrons. The molecular formula is C9H13ClN2OS. The SMILES string of the molecule is COc1ccc(CSC(=N)N)cc1.Cl. The van der Waals surface area contributed by atoms with Crippen molar-refractivity contribution < 1.29 is 4.74 Å². The number of amidine groups is 1. The first-order valence-corrected chi connectivity index (χ1v) is 4.80. The van der Waals surface area contributed by atoms with E-state index in [1.165, 1.54) is 11.8 Å². The summed E-state index contributed by atoms with van der Waals surface area (Å²) in [6.07, 6.45) is 0. The number of hydrogen-bond acceptors (Lipinski definition) is 3. The molecule has 78 valence electrons. The van der Waals surface area contributed by atoms with Gasteiger partial charge in [-0.15, -0.1) is 12.4 Å². The lowest BCUT2D eigenvalue weighted by Gasteiger charge is -2.02. The minimum absolute atomic E-state index is 0. The first-order chi connectivity index (χ1) is 6.22. The Hall–Kier alpha value is -0.870. The Bertz CT molecular complexity index is 289.